The van der Waals surface area contributed by atoms with Crippen molar-refractivity contribution >= 4 is 17.7 Å². The lowest BCUT2D eigenvalue weighted by Gasteiger charge is -2.09. The highest BCUT2D eigenvalue weighted by Gasteiger charge is 2.04. The van der Waals surface area contributed by atoms with Gasteiger partial charge in [0.05, 0.1) is 0 Å². The van der Waals surface area contributed by atoms with Crippen LogP contribution in [0.4, 0.5) is 0 Å². The van der Waals surface area contributed by atoms with Crippen molar-refractivity contribution in [2.45, 2.75) is 18.4 Å². The van der Waals surface area contributed by atoms with E-state index in [-0.39, 0.29) is 12.5 Å². The summed E-state index contributed by atoms with van der Waals surface area (Å²) in [5.74, 6) is 0.629. The Labute approximate surface area is 129 Å². The standard InChI is InChI=1S/C17H19NO2S/c1-13-5-3-4-6-16(13)20-12-17(19)18-11-14-7-9-15(21-2)10-8-14/h3-10H,11-12H2,1-2H3,(H,18,19). The van der Waals surface area contributed by atoms with Gasteiger partial charge in [0.15, 0.2) is 6.61 Å². The Morgan fingerprint density at radius 3 is 2.52 bits per heavy atom. The second-order valence-corrected chi connectivity index (χ2v) is 5.56. The van der Waals surface area contributed by atoms with Gasteiger partial charge in [0.1, 0.15) is 5.75 Å². The summed E-state index contributed by atoms with van der Waals surface area (Å²) < 4.78 is 5.51. The average Bonchev–Trinajstić information content (AvgIpc) is 2.52. The highest BCUT2D eigenvalue weighted by atomic mass is 32.2. The lowest BCUT2D eigenvalue weighted by atomic mass is 10.2. The summed E-state index contributed by atoms with van der Waals surface area (Å²) >= 11 is 1.70. The molecule has 1 amide bonds. The van der Waals surface area contributed by atoms with Crippen molar-refractivity contribution in [1.82, 2.24) is 5.32 Å². The van der Waals surface area contributed by atoms with Crippen molar-refractivity contribution < 1.29 is 9.53 Å². The Morgan fingerprint density at radius 2 is 1.86 bits per heavy atom. The Morgan fingerprint density at radius 1 is 1.14 bits per heavy atom. The molecule has 0 spiro atoms. The van der Waals surface area contributed by atoms with E-state index < -0.39 is 0 Å². The predicted octanol–water partition coefficient (Wildman–Crippen LogP) is 3.41. The molecule has 2 rings (SSSR count). The van der Waals surface area contributed by atoms with Gasteiger partial charge in [0.2, 0.25) is 0 Å². The number of para-hydroxylation sites is 1. The summed E-state index contributed by atoms with van der Waals surface area (Å²) in [5, 5.41) is 2.86. The minimum atomic E-state index is -0.118. The van der Waals surface area contributed by atoms with E-state index in [1.807, 2.05) is 49.6 Å². The van der Waals surface area contributed by atoms with Crippen LogP contribution in [0, 0.1) is 6.92 Å². The van der Waals surface area contributed by atoms with Crippen LogP contribution in [0.3, 0.4) is 0 Å². The number of hydrogen-bond acceptors (Lipinski definition) is 3. The number of benzene rings is 2. The second kappa shape index (κ2) is 7.74. The van der Waals surface area contributed by atoms with E-state index >= 15 is 0 Å². The molecule has 110 valence electrons. The highest BCUT2D eigenvalue weighted by molar-refractivity contribution is 7.98. The minimum Gasteiger partial charge on any atom is -0.484 e. The van der Waals surface area contributed by atoms with Gasteiger partial charge < -0.3 is 10.1 Å². The van der Waals surface area contributed by atoms with E-state index in [9.17, 15) is 4.79 Å². The summed E-state index contributed by atoms with van der Waals surface area (Å²) in [6, 6.07) is 15.8. The molecule has 0 radical (unpaired) electrons. The van der Waals surface area contributed by atoms with E-state index in [4.69, 9.17) is 4.74 Å². The maximum Gasteiger partial charge on any atom is 0.258 e. The number of ether oxygens (including phenoxy) is 1. The summed E-state index contributed by atoms with van der Waals surface area (Å²) in [7, 11) is 0. The smallest absolute Gasteiger partial charge is 0.258 e. The van der Waals surface area contributed by atoms with Crippen molar-refractivity contribution in [2.24, 2.45) is 0 Å². The van der Waals surface area contributed by atoms with Crippen LogP contribution in [0.2, 0.25) is 0 Å². The molecule has 2 aromatic rings. The van der Waals surface area contributed by atoms with Crippen LogP contribution in [0.15, 0.2) is 53.4 Å². The van der Waals surface area contributed by atoms with Gasteiger partial charge in [-0.3, -0.25) is 4.79 Å². The number of hydrogen-bond donors (Lipinski definition) is 1. The first-order valence-electron chi connectivity index (χ1n) is 6.77. The van der Waals surface area contributed by atoms with Crippen LogP contribution in [-0.4, -0.2) is 18.8 Å². The van der Waals surface area contributed by atoms with Gasteiger partial charge in [-0.15, -0.1) is 11.8 Å². The molecule has 0 bridgehead atoms. The normalized spacial score (nSPS) is 10.2. The molecule has 2 aromatic carbocycles. The van der Waals surface area contributed by atoms with Crippen molar-refractivity contribution in [3.05, 3.63) is 59.7 Å². The maximum absolute atomic E-state index is 11.8. The van der Waals surface area contributed by atoms with Crippen molar-refractivity contribution in [3.8, 4) is 5.75 Å². The molecule has 0 atom stereocenters. The van der Waals surface area contributed by atoms with Crippen LogP contribution in [-0.2, 0) is 11.3 Å². The van der Waals surface area contributed by atoms with E-state index in [2.05, 4.69) is 17.4 Å². The number of rotatable bonds is 6. The molecule has 4 heteroatoms. The fraction of sp³-hybridized carbons (Fsp3) is 0.235. The van der Waals surface area contributed by atoms with E-state index in [1.165, 1.54) is 4.90 Å². The lowest BCUT2D eigenvalue weighted by Crippen LogP contribution is -2.28. The molecule has 0 saturated carbocycles. The third-order valence-electron chi connectivity index (χ3n) is 3.10. The van der Waals surface area contributed by atoms with Gasteiger partial charge in [-0.05, 0) is 42.5 Å². The SMILES string of the molecule is CSc1ccc(CNC(=O)COc2ccccc2C)cc1. The van der Waals surface area contributed by atoms with Crippen LogP contribution < -0.4 is 10.1 Å². The molecule has 0 heterocycles. The first-order chi connectivity index (χ1) is 10.2. The summed E-state index contributed by atoms with van der Waals surface area (Å²) in [6.45, 7) is 2.51. The van der Waals surface area contributed by atoms with Gasteiger partial charge in [-0.2, -0.15) is 0 Å². The quantitative estimate of drug-likeness (QED) is 0.831. The van der Waals surface area contributed by atoms with Gasteiger partial charge in [-0.1, -0.05) is 30.3 Å². The molecular formula is C17H19NO2S. The number of aryl methyl sites for hydroxylation is 1. The summed E-state index contributed by atoms with van der Waals surface area (Å²) in [5.41, 5.74) is 2.11. The fourth-order valence-corrected chi connectivity index (χ4v) is 2.26. The third kappa shape index (κ3) is 4.83. The predicted molar refractivity (Wildman–Crippen MR) is 86.7 cm³/mol. The lowest BCUT2D eigenvalue weighted by molar-refractivity contribution is -0.123. The Kier molecular flexibility index (Phi) is 5.69. The number of carbonyl (C=O) groups excluding carboxylic acids is 1. The summed E-state index contributed by atoms with van der Waals surface area (Å²) in [6.07, 6.45) is 2.04. The first kappa shape index (κ1) is 15.4. The zero-order chi connectivity index (χ0) is 15.1. The van der Waals surface area contributed by atoms with Gasteiger partial charge in [-0.25, -0.2) is 0 Å². The molecule has 0 fully saturated rings. The number of thioether (sulfide) groups is 1. The van der Waals surface area contributed by atoms with Crippen LogP contribution in [0.25, 0.3) is 0 Å². The molecule has 0 aliphatic carbocycles. The largest absolute Gasteiger partial charge is 0.484 e. The summed E-state index contributed by atoms with van der Waals surface area (Å²) in [4.78, 5) is 13.0. The van der Waals surface area contributed by atoms with E-state index in [1.54, 1.807) is 11.8 Å². The first-order valence-corrected chi connectivity index (χ1v) is 7.99. The zero-order valence-electron chi connectivity index (χ0n) is 12.3. The fourth-order valence-electron chi connectivity index (χ4n) is 1.86. The molecule has 3 nitrogen and oxygen atoms in total. The van der Waals surface area contributed by atoms with Crippen molar-refractivity contribution in [2.75, 3.05) is 12.9 Å². The minimum absolute atomic E-state index is 0.0355. The van der Waals surface area contributed by atoms with Crippen LogP contribution in [0.5, 0.6) is 5.75 Å². The van der Waals surface area contributed by atoms with Gasteiger partial charge in [0.25, 0.3) is 5.91 Å². The maximum atomic E-state index is 11.8. The molecule has 0 aromatic heterocycles. The van der Waals surface area contributed by atoms with Crippen LogP contribution >= 0.6 is 11.8 Å². The van der Waals surface area contributed by atoms with Crippen LogP contribution in [0.1, 0.15) is 11.1 Å². The molecule has 0 aliphatic rings. The highest BCUT2D eigenvalue weighted by Crippen LogP contribution is 2.16. The number of carbonyl (C=O) groups is 1. The average molecular weight is 301 g/mol. The molecule has 0 unspecified atom stereocenters. The van der Waals surface area contributed by atoms with Crippen molar-refractivity contribution in [3.63, 3.8) is 0 Å². The van der Waals surface area contributed by atoms with E-state index in [0.717, 1.165) is 16.9 Å². The Bertz CT molecular complexity index is 596. The topological polar surface area (TPSA) is 38.3 Å². The Balaban J connectivity index is 1.78. The molecular weight excluding hydrogens is 282 g/mol. The number of nitrogens with one attached hydrogen (secondary N) is 1. The van der Waals surface area contributed by atoms with Gasteiger partial charge in [0, 0.05) is 11.4 Å². The second-order valence-electron chi connectivity index (χ2n) is 4.68. The van der Waals surface area contributed by atoms with Crippen molar-refractivity contribution in [1.29, 1.82) is 0 Å². The monoisotopic (exact) mass is 301 g/mol. The zero-order valence-corrected chi connectivity index (χ0v) is 13.1. The van der Waals surface area contributed by atoms with Gasteiger partial charge >= 0.3 is 0 Å². The number of amides is 1. The third-order valence-corrected chi connectivity index (χ3v) is 3.84. The molecule has 21 heavy (non-hydrogen) atoms. The van der Waals surface area contributed by atoms with E-state index in [0.29, 0.717) is 6.54 Å². The molecule has 0 saturated heterocycles. The molecule has 1 N–H and O–H groups in total. The Hall–Kier alpha value is -1.94. The molecule has 0 aliphatic heterocycles.